The van der Waals surface area contributed by atoms with E-state index in [0.717, 1.165) is 17.1 Å². The van der Waals surface area contributed by atoms with E-state index < -0.39 is 0 Å². The third-order valence-corrected chi connectivity index (χ3v) is 10.4. The first-order valence-electron chi connectivity index (χ1n) is 17.6. The summed E-state index contributed by atoms with van der Waals surface area (Å²) < 4.78 is 0. The molecule has 0 bridgehead atoms. The summed E-state index contributed by atoms with van der Waals surface area (Å²) in [5, 5.41) is 12.7. The molecule has 0 aliphatic carbocycles. The molecule has 0 saturated heterocycles. The van der Waals surface area contributed by atoms with Crippen LogP contribution in [0.4, 0.5) is 17.1 Å². The van der Waals surface area contributed by atoms with Crippen molar-refractivity contribution in [3.05, 3.63) is 200 Å². The Morgan fingerprint density at radius 2 is 0.824 bits per heavy atom. The lowest BCUT2D eigenvalue weighted by Gasteiger charge is -2.28. The molecular formula is C50H33N. The number of anilines is 3. The van der Waals surface area contributed by atoms with Gasteiger partial charge in [0.1, 0.15) is 0 Å². The monoisotopic (exact) mass is 647 g/mol. The van der Waals surface area contributed by atoms with E-state index in [2.05, 4.69) is 205 Å². The fourth-order valence-corrected chi connectivity index (χ4v) is 8.00. The van der Waals surface area contributed by atoms with Gasteiger partial charge in [-0.05, 0) is 107 Å². The van der Waals surface area contributed by atoms with Crippen molar-refractivity contribution in [1.29, 1.82) is 0 Å². The lowest BCUT2D eigenvalue weighted by Crippen LogP contribution is -2.11. The lowest BCUT2D eigenvalue weighted by atomic mass is 9.93. The summed E-state index contributed by atoms with van der Waals surface area (Å²) >= 11 is 0. The van der Waals surface area contributed by atoms with Gasteiger partial charge in [0.25, 0.3) is 0 Å². The SMILES string of the molecule is c1ccc(-c2ccccc2N(c2ccc(-c3cc4ccccc4c4ccccc34)cc2)c2ccc3c(ccc4ccc5ccccc5c43)c2)cc1. The number of hydrogen-bond acceptors (Lipinski definition) is 1. The zero-order valence-corrected chi connectivity index (χ0v) is 28.0. The fourth-order valence-electron chi connectivity index (χ4n) is 8.00. The van der Waals surface area contributed by atoms with Crippen molar-refractivity contribution >= 4 is 70.9 Å². The average Bonchev–Trinajstić information content (AvgIpc) is 3.21. The van der Waals surface area contributed by atoms with Crippen molar-refractivity contribution in [3.63, 3.8) is 0 Å². The van der Waals surface area contributed by atoms with Crippen molar-refractivity contribution in [3.8, 4) is 22.3 Å². The van der Waals surface area contributed by atoms with Gasteiger partial charge in [0.2, 0.25) is 0 Å². The van der Waals surface area contributed by atoms with Crippen LogP contribution >= 0.6 is 0 Å². The molecule has 0 radical (unpaired) electrons. The van der Waals surface area contributed by atoms with Crippen LogP contribution in [0.25, 0.3) is 76.1 Å². The minimum atomic E-state index is 1.11. The zero-order chi connectivity index (χ0) is 33.7. The predicted octanol–water partition coefficient (Wildman–Crippen LogP) is 14.3. The van der Waals surface area contributed by atoms with Crippen molar-refractivity contribution < 1.29 is 0 Å². The smallest absolute Gasteiger partial charge is 0.0540 e. The molecular weight excluding hydrogens is 615 g/mol. The molecule has 0 aliphatic heterocycles. The molecule has 0 heterocycles. The van der Waals surface area contributed by atoms with Gasteiger partial charge in [-0.15, -0.1) is 0 Å². The zero-order valence-electron chi connectivity index (χ0n) is 28.0. The number of para-hydroxylation sites is 1. The lowest BCUT2D eigenvalue weighted by molar-refractivity contribution is 1.29. The number of fused-ring (bicyclic) bond motifs is 8. The molecule has 0 saturated carbocycles. The van der Waals surface area contributed by atoms with Crippen LogP contribution in [0, 0.1) is 0 Å². The normalized spacial score (nSPS) is 11.5. The van der Waals surface area contributed by atoms with E-state index in [4.69, 9.17) is 0 Å². The summed E-state index contributed by atoms with van der Waals surface area (Å²) in [7, 11) is 0. The van der Waals surface area contributed by atoms with E-state index >= 15 is 0 Å². The molecule has 238 valence electrons. The Bertz CT molecular complexity index is 2900. The van der Waals surface area contributed by atoms with E-state index in [9.17, 15) is 0 Å². The predicted molar refractivity (Wildman–Crippen MR) is 220 cm³/mol. The summed E-state index contributed by atoms with van der Waals surface area (Å²) in [6, 6.07) is 73.0. The minimum Gasteiger partial charge on any atom is -0.310 e. The Morgan fingerprint density at radius 1 is 0.275 bits per heavy atom. The third kappa shape index (κ3) is 4.94. The molecule has 0 aromatic heterocycles. The highest BCUT2D eigenvalue weighted by Crippen LogP contribution is 2.44. The second kappa shape index (κ2) is 12.0. The molecule has 1 nitrogen and oxygen atoms in total. The van der Waals surface area contributed by atoms with Crippen molar-refractivity contribution in [1.82, 2.24) is 0 Å². The van der Waals surface area contributed by atoms with Crippen LogP contribution in [0.3, 0.4) is 0 Å². The Balaban J connectivity index is 1.17. The van der Waals surface area contributed by atoms with Crippen LogP contribution < -0.4 is 4.90 Å². The summed E-state index contributed by atoms with van der Waals surface area (Å²) in [4.78, 5) is 2.41. The second-order valence-corrected chi connectivity index (χ2v) is 13.3. The van der Waals surface area contributed by atoms with Gasteiger partial charge in [0.15, 0.2) is 0 Å². The highest BCUT2D eigenvalue weighted by atomic mass is 15.1. The van der Waals surface area contributed by atoms with E-state index in [1.54, 1.807) is 0 Å². The molecule has 10 aromatic carbocycles. The van der Waals surface area contributed by atoms with E-state index in [-0.39, 0.29) is 0 Å². The highest BCUT2D eigenvalue weighted by molar-refractivity contribution is 6.20. The van der Waals surface area contributed by atoms with Crippen LogP contribution in [0.5, 0.6) is 0 Å². The van der Waals surface area contributed by atoms with Crippen LogP contribution in [0.2, 0.25) is 0 Å². The van der Waals surface area contributed by atoms with Gasteiger partial charge in [0, 0.05) is 16.9 Å². The van der Waals surface area contributed by atoms with Crippen LogP contribution in [-0.2, 0) is 0 Å². The maximum atomic E-state index is 2.41. The first-order chi connectivity index (χ1) is 25.3. The Kier molecular flexibility index (Phi) is 6.89. The van der Waals surface area contributed by atoms with Gasteiger partial charge in [0.05, 0.1) is 5.69 Å². The summed E-state index contributed by atoms with van der Waals surface area (Å²) in [5.74, 6) is 0. The minimum absolute atomic E-state index is 1.11. The van der Waals surface area contributed by atoms with Gasteiger partial charge in [-0.2, -0.15) is 0 Å². The van der Waals surface area contributed by atoms with E-state index in [0.29, 0.717) is 0 Å². The molecule has 10 rings (SSSR count). The Labute approximate surface area is 297 Å². The molecule has 0 fully saturated rings. The highest BCUT2D eigenvalue weighted by Gasteiger charge is 2.19. The topological polar surface area (TPSA) is 3.24 Å². The first-order valence-corrected chi connectivity index (χ1v) is 17.6. The molecule has 0 amide bonds. The summed E-state index contributed by atoms with van der Waals surface area (Å²) in [5.41, 5.74) is 8.19. The molecule has 0 unspecified atom stereocenters. The third-order valence-electron chi connectivity index (χ3n) is 10.4. The molecule has 0 spiro atoms. The van der Waals surface area contributed by atoms with Crippen molar-refractivity contribution in [2.24, 2.45) is 0 Å². The van der Waals surface area contributed by atoms with Gasteiger partial charge in [-0.1, -0.05) is 164 Å². The first kappa shape index (κ1) is 29.2. The Hall–Kier alpha value is -6.70. The van der Waals surface area contributed by atoms with Gasteiger partial charge >= 0.3 is 0 Å². The van der Waals surface area contributed by atoms with Crippen LogP contribution in [0.15, 0.2) is 200 Å². The molecule has 1 heteroatoms. The van der Waals surface area contributed by atoms with Crippen molar-refractivity contribution in [2.75, 3.05) is 4.90 Å². The number of benzene rings is 10. The van der Waals surface area contributed by atoms with E-state index in [1.807, 2.05) is 0 Å². The van der Waals surface area contributed by atoms with Gasteiger partial charge in [-0.3, -0.25) is 0 Å². The molecule has 0 N–H and O–H groups in total. The maximum Gasteiger partial charge on any atom is 0.0540 e. The maximum absolute atomic E-state index is 2.41. The van der Waals surface area contributed by atoms with Crippen LogP contribution in [0.1, 0.15) is 0 Å². The van der Waals surface area contributed by atoms with Crippen LogP contribution in [-0.4, -0.2) is 0 Å². The number of rotatable bonds is 5. The molecule has 51 heavy (non-hydrogen) atoms. The van der Waals surface area contributed by atoms with Crippen molar-refractivity contribution in [2.45, 2.75) is 0 Å². The average molecular weight is 648 g/mol. The standard InChI is InChI=1S/C50H33N/c1-2-12-34(13-3-1)43-17-10-11-21-49(43)51(41-30-31-45-39(32-41)25-24-37-23-22-35-14-4-7-18-44(35)50(37)45)40-28-26-36(27-29-40)48-33-38-15-5-6-16-42(38)46-19-8-9-20-47(46)48/h1-33H. The molecule has 0 atom stereocenters. The summed E-state index contributed by atoms with van der Waals surface area (Å²) in [6.45, 7) is 0. The number of nitrogens with zero attached hydrogens (tertiary/aromatic N) is 1. The largest absolute Gasteiger partial charge is 0.310 e. The second-order valence-electron chi connectivity index (χ2n) is 13.3. The molecule has 0 aliphatic rings. The molecule has 10 aromatic rings. The summed E-state index contributed by atoms with van der Waals surface area (Å²) in [6.07, 6.45) is 0. The quantitative estimate of drug-likeness (QED) is 0.168. The Morgan fingerprint density at radius 3 is 1.65 bits per heavy atom. The van der Waals surface area contributed by atoms with Gasteiger partial charge < -0.3 is 4.90 Å². The fraction of sp³-hybridized carbons (Fsp3) is 0. The van der Waals surface area contributed by atoms with E-state index in [1.165, 1.54) is 76.1 Å². The number of hydrogen-bond donors (Lipinski definition) is 0. The van der Waals surface area contributed by atoms with Gasteiger partial charge in [-0.25, -0.2) is 0 Å².